The van der Waals surface area contributed by atoms with Crippen molar-refractivity contribution in [1.82, 2.24) is 0 Å². The summed E-state index contributed by atoms with van der Waals surface area (Å²) in [5.41, 5.74) is 1.05. The summed E-state index contributed by atoms with van der Waals surface area (Å²) in [5.74, 6) is -0.0643. The zero-order chi connectivity index (χ0) is 9.68. The standard InChI is InChI=1S/C11H10BrN/c1-2-3-10(8-13)9-4-6-11(12)7-5-9/h2,4-7,10H,1,3H2. The number of hydrogen-bond donors (Lipinski definition) is 0. The Balaban J connectivity index is 2.87. The Bertz CT molecular complexity index is 321. The van der Waals surface area contributed by atoms with Crippen LogP contribution in [0.25, 0.3) is 0 Å². The van der Waals surface area contributed by atoms with E-state index in [-0.39, 0.29) is 5.92 Å². The van der Waals surface area contributed by atoms with Gasteiger partial charge in [0.05, 0.1) is 12.0 Å². The Labute approximate surface area is 86.8 Å². The van der Waals surface area contributed by atoms with Crippen molar-refractivity contribution < 1.29 is 0 Å². The topological polar surface area (TPSA) is 23.8 Å². The fraction of sp³-hybridized carbons (Fsp3) is 0.182. The SMILES string of the molecule is C=CCC(C#N)c1ccc(Br)cc1. The van der Waals surface area contributed by atoms with Gasteiger partial charge in [-0.05, 0) is 24.1 Å². The van der Waals surface area contributed by atoms with Crippen LogP contribution in [0.1, 0.15) is 17.9 Å². The zero-order valence-electron chi connectivity index (χ0n) is 7.20. The van der Waals surface area contributed by atoms with Crippen molar-refractivity contribution in [2.45, 2.75) is 12.3 Å². The average Bonchev–Trinajstić information content (AvgIpc) is 2.16. The van der Waals surface area contributed by atoms with E-state index in [1.165, 1.54) is 0 Å². The van der Waals surface area contributed by atoms with Gasteiger partial charge in [-0.1, -0.05) is 34.1 Å². The van der Waals surface area contributed by atoms with Crippen molar-refractivity contribution >= 4 is 15.9 Å². The smallest absolute Gasteiger partial charge is 0.0747 e. The third-order valence-electron chi connectivity index (χ3n) is 1.83. The molecular weight excluding hydrogens is 226 g/mol. The highest BCUT2D eigenvalue weighted by Crippen LogP contribution is 2.21. The first-order valence-electron chi connectivity index (χ1n) is 4.04. The molecule has 1 nitrogen and oxygen atoms in total. The molecule has 0 fully saturated rings. The van der Waals surface area contributed by atoms with Crippen molar-refractivity contribution in [3.8, 4) is 6.07 Å². The van der Waals surface area contributed by atoms with Crippen LogP contribution < -0.4 is 0 Å². The maximum atomic E-state index is 8.87. The monoisotopic (exact) mass is 235 g/mol. The van der Waals surface area contributed by atoms with Crippen LogP contribution in [0.4, 0.5) is 0 Å². The lowest BCUT2D eigenvalue weighted by Gasteiger charge is -2.05. The van der Waals surface area contributed by atoms with E-state index in [0.717, 1.165) is 10.0 Å². The largest absolute Gasteiger partial charge is 0.198 e. The normalized spacial score (nSPS) is 11.7. The van der Waals surface area contributed by atoms with E-state index in [2.05, 4.69) is 28.6 Å². The minimum absolute atomic E-state index is 0.0643. The van der Waals surface area contributed by atoms with Gasteiger partial charge in [0, 0.05) is 4.47 Å². The molecule has 0 aromatic heterocycles. The second-order valence-electron chi connectivity index (χ2n) is 2.76. The van der Waals surface area contributed by atoms with Crippen molar-refractivity contribution in [2.24, 2.45) is 0 Å². The number of benzene rings is 1. The molecule has 0 N–H and O–H groups in total. The molecule has 13 heavy (non-hydrogen) atoms. The zero-order valence-corrected chi connectivity index (χ0v) is 8.79. The number of nitrogens with zero attached hydrogens (tertiary/aromatic N) is 1. The Morgan fingerprint density at radius 1 is 1.46 bits per heavy atom. The molecule has 1 atom stereocenters. The van der Waals surface area contributed by atoms with Gasteiger partial charge in [0.15, 0.2) is 0 Å². The predicted molar refractivity (Wildman–Crippen MR) is 57.3 cm³/mol. The lowest BCUT2D eigenvalue weighted by atomic mass is 9.98. The van der Waals surface area contributed by atoms with Crippen LogP contribution in [0.15, 0.2) is 41.4 Å². The number of hydrogen-bond acceptors (Lipinski definition) is 1. The van der Waals surface area contributed by atoms with Crippen molar-refractivity contribution in [3.63, 3.8) is 0 Å². The van der Waals surface area contributed by atoms with Crippen LogP contribution in [-0.2, 0) is 0 Å². The molecule has 0 bridgehead atoms. The van der Waals surface area contributed by atoms with E-state index in [4.69, 9.17) is 5.26 Å². The fourth-order valence-corrected chi connectivity index (χ4v) is 1.39. The van der Waals surface area contributed by atoms with Gasteiger partial charge in [-0.15, -0.1) is 6.58 Å². The molecule has 0 saturated heterocycles. The second kappa shape index (κ2) is 4.84. The summed E-state index contributed by atoms with van der Waals surface area (Å²) >= 11 is 3.35. The van der Waals surface area contributed by atoms with Gasteiger partial charge in [0.2, 0.25) is 0 Å². The predicted octanol–water partition coefficient (Wildman–Crippen LogP) is 3.63. The fourth-order valence-electron chi connectivity index (χ4n) is 1.13. The summed E-state index contributed by atoms with van der Waals surface area (Å²) in [6, 6.07) is 10.1. The molecule has 1 rings (SSSR count). The first kappa shape index (κ1) is 10.0. The number of allylic oxidation sites excluding steroid dienone is 1. The molecule has 0 aliphatic rings. The Morgan fingerprint density at radius 3 is 2.54 bits per heavy atom. The average molecular weight is 236 g/mol. The molecule has 0 saturated carbocycles. The van der Waals surface area contributed by atoms with Gasteiger partial charge >= 0.3 is 0 Å². The number of rotatable bonds is 3. The van der Waals surface area contributed by atoms with Crippen molar-refractivity contribution in [3.05, 3.63) is 47.0 Å². The van der Waals surface area contributed by atoms with E-state index >= 15 is 0 Å². The maximum Gasteiger partial charge on any atom is 0.0747 e. The maximum absolute atomic E-state index is 8.87. The van der Waals surface area contributed by atoms with Crippen LogP contribution in [0, 0.1) is 11.3 Å². The first-order valence-corrected chi connectivity index (χ1v) is 4.83. The molecule has 1 aromatic rings. The summed E-state index contributed by atoms with van der Waals surface area (Å²) in [6.45, 7) is 3.63. The Kier molecular flexibility index (Phi) is 3.72. The molecule has 1 aromatic carbocycles. The molecule has 0 aliphatic heterocycles. The van der Waals surface area contributed by atoms with Gasteiger partial charge in [-0.3, -0.25) is 0 Å². The highest BCUT2D eigenvalue weighted by Gasteiger charge is 2.07. The van der Waals surface area contributed by atoms with E-state index in [1.807, 2.05) is 24.3 Å². The molecule has 0 spiro atoms. The quantitative estimate of drug-likeness (QED) is 0.735. The van der Waals surface area contributed by atoms with E-state index in [9.17, 15) is 0 Å². The minimum atomic E-state index is -0.0643. The number of halogens is 1. The highest BCUT2D eigenvalue weighted by atomic mass is 79.9. The van der Waals surface area contributed by atoms with E-state index < -0.39 is 0 Å². The minimum Gasteiger partial charge on any atom is -0.198 e. The molecule has 0 amide bonds. The van der Waals surface area contributed by atoms with Crippen LogP contribution in [0.3, 0.4) is 0 Å². The summed E-state index contributed by atoms with van der Waals surface area (Å²) in [5, 5.41) is 8.87. The molecule has 0 heterocycles. The van der Waals surface area contributed by atoms with Crippen molar-refractivity contribution in [1.29, 1.82) is 5.26 Å². The van der Waals surface area contributed by atoms with Gasteiger partial charge in [-0.2, -0.15) is 5.26 Å². The molecule has 0 aliphatic carbocycles. The first-order chi connectivity index (χ1) is 6.27. The molecule has 2 heteroatoms. The summed E-state index contributed by atoms with van der Waals surface area (Å²) in [7, 11) is 0. The van der Waals surface area contributed by atoms with Crippen LogP contribution in [-0.4, -0.2) is 0 Å². The van der Waals surface area contributed by atoms with Gasteiger partial charge in [0.25, 0.3) is 0 Å². The van der Waals surface area contributed by atoms with Crippen LogP contribution in [0.2, 0.25) is 0 Å². The lowest BCUT2D eigenvalue weighted by molar-refractivity contribution is 0.879. The van der Waals surface area contributed by atoms with E-state index in [1.54, 1.807) is 6.08 Å². The second-order valence-corrected chi connectivity index (χ2v) is 3.67. The van der Waals surface area contributed by atoms with Crippen LogP contribution >= 0.6 is 15.9 Å². The molecule has 1 unspecified atom stereocenters. The highest BCUT2D eigenvalue weighted by molar-refractivity contribution is 9.10. The molecule has 0 radical (unpaired) electrons. The van der Waals surface area contributed by atoms with Gasteiger partial charge in [0.1, 0.15) is 0 Å². The van der Waals surface area contributed by atoms with Crippen molar-refractivity contribution in [2.75, 3.05) is 0 Å². The van der Waals surface area contributed by atoms with E-state index in [0.29, 0.717) is 6.42 Å². The third kappa shape index (κ3) is 2.71. The Morgan fingerprint density at radius 2 is 2.08 bits per heavy atom. The summed E-state index contributed by atoms with van der Waals surface area (Å²) in [4.78, 5) is 0. The number of nitriles is 1. The summed E-state index contributed by atoms with van der Waals surface area (Å²) in [6.07, 6.45) is 2.48. The van der Waals surface area contributed by atoms with Gasteiger partial charge in [-0.25, -0.2) is 0 Å². The summed E-state index contributed by atoms with van der Waals surface area (Å²) < 4.78 is 1.03. The van der Waals surface area contributed by atoms with Gasteiger partial charge < -0.3 is 0 Å². The lowest BCUT2D eigenvalue weighted by Crippen LogP contribution is -1.92. The third-order valence-corrected chi connectivity index (χ3v) is 2.36. The molecular formula is C11H10BrN. The Hall–Kier alpha value is -1.07. The van der Waals surface area contributed by atoms with Crippen LogP contribution in [0.5, 0.6) is 0 Å². The molecule has 66 valence electrons.